The van der Waals surface area contributed by atoms with Gasteiger partial charge < -0.3 is 28.4 Å². The van der Waals surface area contributed by atoms with Gasteiger partial charge in [0, 0.05) is 33.4 Å². The van der Waals surface area contributed by atoms with Crippen LogP contribution in [0.3, 0.4) is 0 Å². The second kappa shape index (κ2) is 13.2. The summed E-state index contributed by atoms with van der Waals surface area (Å²) in [7, 11) is 0. The number of hydrogen-bond acceptors (Lipinski definition) is 11. The Balaban J connectivity index is 2.22. The Hall–Kier alpha value is -2.79. The van der Waals surface area contributed by atoms with Gasteiger partial charge in [0.25, 0.3) is 0 Å². The number of esters is 4. The van der Waals surface area contributed by atoms with Gasteiger partial charge in [0.1, 0.15) is 23.9 Å². The molecule has 1 fully saturated rings. The number of ether oxygens (including phenoxy) is 6. The number of carbonyl (C=O) groups excluding carboxylic acids is 4. The van der Waals surface area contributed by atoms with Crippen LogP contribution in [0.4, 0.5) is 0 Å². The highest BCUT2D eigenvalue weighted by Crippen LogP contribution is 2.34. The summed E-state index contributed by atoms with van der Waals surface area (Å²) >= 11 is 1.27. The Kier molecular flexibility index (Phi) is 10.6. The number of rotatable bonds is 10. The highest BCUT2D eigenvalue weighted by molar-refractivity contribution is 7.99. The van der Waals surface area contributed by atoms with Crippen LogP contribution in [0.25, 0.3) is 0 Å². The Morgan fingerprint density at radius 2 is 1.44 bits per heavy atom. The van der Waals surface area contributed by atoms with Crippen molar-refractivity contribution in [2.45, 2.75) is 64.5 Å². The Morgan fingerprint density at radius 1 is 0.853 bits per heavy atom. The molecule has 188 valence electrons. The molecular weight excluding hydrogens is 468 g/mol. The van der Waals surface area contributed by atoms with Gasteiger partial charge in [0.05, 0.1) is 6.61 Å². The van der Waals surface area contributed by atoms with Gasteiger partial charge in [-0.15, -0.1) is 11.8 Å². The average Bonchev–Trinajstić information content (AvgIpc) is 2.73. The monoisotopic (exact) mass is 498 g/mol. The predicted molar refractivity (Wildman–Crippen MR) is 121 cm³/mol. The van der Waals surface area contributed by atoms with Crippen molar-refractivity contribution < 1.29 is 47.6 Å². The van der Waals surface area contributed by atoms with Gasteiger partial charge in [-0.25, -0.2) is 0 Å². The Labute approximate surface area is 202 Å². The van der Waals surface area contributed by atoms with Crippen LogP contribution in [0.5, 0.6) is 5.75 Å². The summed E-state index contributed by atoms with van der Waals surface area (Å²) in [6.45, 7) is 6.80. The molecule has 11 heteroatoms. The Bertz CT molecular complexity index is 873. The molecule has 1 aromatic carbocycles. The standard InChI is InChI=1S/C23H30O10S/c1-13-8-6-7-9-18(13)28-10-11-34-23-22(32-17(5)27)21(31-16(4)26)20(30-15(3)25)19(33-23)12-29-14(2)24/h6-9,19-23H,10-12H2,1-5H3. The molecule has 0 N–H and O–H groups in total. The zero-order valence-corrected chi connectivity index (χ0v) is 20.6. The lowest BCUT2D eigenvalue weighted by Crippen LogP contribution is -2.61. The molecule has 0 aromatic heterocycles. The first-order valence-corrected chi connectivity index (χ1v) is 11.7. The number of thioether (sulfide) groups is 1. The van der Waals surface area contributed by atoms with Gasteiger partial charge in [-0.2, -0.15) is 0 Å². The third-order valence-corrected chi connectivity index (χ3v) is 5.78. The largest absolute Gasteiger partial charge is 0.492 e. The normalized spacial score (nSPS) is 24.0. The smallest absolute Gasteiger partial charge is 0.303 e. The second-order valence-electron chi connectivity index (χ2n) is 7.55. The molecule has 0 spiro atoms. The van der Waals surface area contributed by atoms with Gasteiger partial charge in [-0.05, 0) is 18.6 Å². The highest BCUT2D eigenvalue weighted by Gasteiger charge is 2.52. The molecule has 2 rings (SSSR count). The fourth-order valence-corrected chi connectivity index (χ4v) is 4.39. The molecule has 1 saturated heterocycles. The van der Waals surface area contributed by atoms with Crippen molar-refractivity contribution in [3.05, 3.63) is 29.8 Å². The van der Waals surface area contributed by atoms with Crippen molar-refractivity contribution in [3.63, 3.8) is 0 Å². The maximum absolute atomic E-state index is 11.8. The van der Waals surface area contributed by atoms with Crippen LogP contribution < -0.4 is 4.74 Å². The topological polar surface area (TPSA) is 124 Å². The minimum absolute atomic E-state index is 0.255. The summed E-state index contributed by atoms with van der Waals surface area (Å²) in [5, 5.41) is 0. The Morgan fingerprint density at radius 3 is 2.03 bits per heavy atom. The highest BCUT2D eigenvalue weighted by atomic mass is 32.2. The van der Waals surface area contributed by atoms with Crippen molar-refractivity contribution in [1.29, 1.82) is 0 Å². The SMILES string of the molecule is CC(=O)OCC1OC(SCCOc2ccccc2C)C(OC(C)=O)C(OC(C)=O)C1OC(C)=O. The zero-order valence-electron chi connectivity index (χ0n) is 19.8. The molecule has 1 aliphatic rings. The van der Waals surface area contributed by atoms with Gasteiger partial charge in [0.15, 0.2) is 18.3 Å². The van der Waals surface area contributed by atoms with E-state index in [1.807, 2.05) is 31.2 Å². The first-order chi connectivity index (χ1) is 16.1. The summed E-state index contributed by atoms with van der Waals surface area (Å²) in [6, 6.07) is 7.57. The molecular formula is C23H30O10S. The van der Waals surface area contributed by atoms with E-state index < -0.39 is 53.7 Å². The molecule has 0 amide bonds. The zero-order chi connectivity index (χ0) is 25.3. The fraction of sp³-hybridized carbons (Fsp3) is 0.565. The van der Waals surface area contributed by atoms with Crippen LogP contribution in [0.2, 0.25) is 0 Å². The quantitative estimate of drug-likeness (QED) is 0.268. The van der Waals surface area contributed by atoms with Gasteiger partial charge in [-0.1, -0.05) is 18.2 Å². The van der Waals surface area contributed by atoms with Gasteiger partial charge >= 0.3 is 23.9 Å². The molecule has 34 heavy (non-hydrogen) atoms. The van der Waals surface area contributed by atoms with E-state index in [9.17, 15) is 19.2 Å². The van der Waals surface area contributed by atoms with E-state index in [1.54, 1.807) is 0 Å². The van der Waals surface area contributed by atoms with Crippen LogP contribution >= 0.6 is 11.8 Å². The number of aryl methyl sites for hydroxylation is 1. The van der Waals surface area contributed by atoms with Crippen molar-refractivity contribution in [2.24, 2.45) is 0 Å². The number of carbonyl (C=O) groups is 4. The van der Waals surface area contributed by atoms with Gasteiger partial charge in [-0.3, -0.25) is 19.2 Å². The van der Waals surface area contributed by atoms with E-state index >= 15 is 0 Å². The summed E-state index contributed by atoms with van der Waals surface area (Å²) in [4.78, 5) is 46.8. The number of benzene rings is 1. The van der Waals surface area contributed by atoms with E-state index in [1.165, 1.54) is 39.5 Å². The van der Waals surface area contributed by atoms with Crippen molar-refractivity contribution in [1.82, 2.24) is 0 Å². The molecule has 1 aliphatic heterocycles. The van der Waals surface area contributed by atoms with Gasteiger partial charge in [0.2, 0.25) is 0 Å². The van der Waals surface area contributed by atoms with Crippen LogP contribution in [0.1, 0.15) is 33.3 Å². The maximum atomic E-state index is 11.8. The van der Waals surface area contributed by atoms with E-state index in [2.05, 4.69) is 0 Å². The fourth-order valence-electron chi connectivity index (χ4n) is 3.36. The predicted octanol–water partition coefficient (Wildman–Crippen LogP) is 2.19. The molecule has 10 nitrogen and oxygen atoms in total. The third-order valence-electron chi connectivity index (χ3n) is 4.66. The van der Waals surface area contributed by atoms with Crippen molar-refractivity contribution in [3.8, 4) is 5.75 Å². The molecule has 1 aromatic rings. The molecule has 0 radical (unpaired) electrons. The molecule has 1 heterocycles. The minimum Gasteiger partial charge on any atom is -0.492 e. The summed E-state index contributed by atoms with van der Waals surface area (Å²) < 4.78 is 33.1. The first kappa shape index (κ1) is 27.5. The lowest BCUT2D eigenvalue weighted by atomic mass is 9.99. The summed E-state index contributed by atoms with van der Waals surface area (Å²) in [6.07, 6.45) is -4.37. The first-order valence-electron chi connectivity index (χ1n) is 10.7. The average molecular weight is 499 g/mol. The van der Waals surface area contributed by atoms with E-state index in [0.717, 1.165) is 11.3 Å². The summed E-state index contributed by atoms with van der Waals surface area (Å²) in [5.41, 5.74) is 0.167. The van der Waals surface area contributed by atoms with E-state index in [4.69, 9.17) is 28.4 Å². The lowest BCUT2D eigenvalue weighted by molar-refractivity contribution is -0.237. The summed E-state index contributed by atoms with van der Waals surface area (Å²) in [5.74, 6) is -1.36. The molecule has 5 unspecified atom stereocenters. The van der Waals surface area contributed by atoms with Crippen LogP contribution in [-0.4, -0.2) is 72.7 Å². The maximum Gasteiger partial charge on any atom is 0.303 e. The number of para-hydroxylation sites is 1. The van der Waals surface area contributed by atoms with Crippen LogP contribution in [-0.2, 0) is 42.9 Å². The van der Waals surface area contributed by atoms with Crippen LogP contribution in [0, 0.1) is 6.92 Å². The molecule has 5 atom stereocenters. The van der Waals surface area contributed by atoms with Crippen molar-refractivity contribution >= 4 is 35.6 Å². The molecule has 0 aliphatic carbocycles. The van der Waals surface area contributed by atoms with E-state index in [0.29, 0.717) is 12.4 Å². The third kappa shape index (κ3) is 8.53. The van der Waals surface area contributed by atoms with Crippen LogP contribution in [0.15, 0.2) is 24.3 Å². The molecule has 0 bridgehead atoms. The second-order valence-corrected chi connectivity index (χ2v) is 8.76. The minimum atomic E-state index is -1.17. The van der Waals surface area contributed by atoms with Crippen molar-refractivity contribution in [2.75, 3.05) is 19.0 Å². The number of hydrogen-bond donors (Lipinski definition) is 0. The van der Waals surface area contributed by atoms with E-state index in [-0.39, 0.29) is 6.61 Å². The lowest BCUT2D eigenvalue weighted by Gasteiger charge is -2.44. The molecule has 0 saturated carbocycles.